The lowest BCUT2D eigenvalue weighted by Gasteiger charge is -2.19. The molecule has 118 valence electrons. The summed E-state index contributed by atoms with van der Waals surface area (Å²) in [6, 6.07) is 18.8. The molecule has 3 aromatic rings. The van der Waals surface area contributed by atoms with Crippen LogP contribution in [0.25, 0.3) is 11.0 Å². The van der Waals surface area contributed by atoms with Crippen molar-refractivity contribution < 1.29 is 9.15 Å². The molecule has 3 rings (SSSR count). The van der Waals surface area contributed by atoms with E-state index in [2.05, 4.69) is 17.4 Å². The van der Waals surface area contributed by atoms with Crippen molar-refractivity contribution in [3.63, 3.8) is 0 Å². The first kappa shape index (κ1) is 15.3. The predicted octanol–water partition coefficient (Wildman–Crippen LogP) is 3.52. The van der Waals surface area contributed by atoms with Crippen LogP contribution in [0.2, 0.25) is 0 Å². The van der Waals surface area contributed by atoms with Crippen LogP contribution in [0.3, 0.4) is 0 Å². The molecular weight excluding hydrogens is 290 g/mol. The third kappa shape index (κ3) is 3.79. The molecule has 0 fully saturated rings. The van der Waals surface area contributed by atoms with Gasteiger partial charge in [-0.1, -0.05) is 30.3 Å². The van der Waals surface area contributed by atoms with E-state index in [-0.39, 0.29) is 11.7 Å². The number of rotatable bonds is 6. The van der Waals surface area contributed by atoms with Crippen LogP contribution in [-0.4, -0.2) is 13.6 Å². The number of ether oxygens (including phenoxy) is 1. The van der Waals surface area contributed by atoms with Gasteiger partial charge in [-0.15, -0.1) is 0 Å². The molecule has 0 saturated carbocycles. The van der Waals surface area contributed by atoms with Crippen LogP contribution >= 0.6 is 0 Å². The molecule has 0 saturated heterocycles. The summed E-state index contributed by atoms with van der Waals surface area (Å²) in [5.41, 5.74) is 1.30. The van der Waals surface area contributed by atoms with Crippen LogP contribution in [0.4, 0.5) is 0 Å². The smallest absolute Gasteiger partial charge is 0.336 e. The van der Waals surface area contributed by atoms with Gasteiger partial charge < -0.3 is 14.5 Å². The van der Waals surface area contributed by atoms with Crippen LogP contribution < -0.4 is 15.7 Å². The molecule has 0 radical (unpaired) electrons. The maximum absolute atomic E-state index is 11.4. The minimum Gasteiger partial charge on any atom is -0.486 e. The molecule has 4 heteroatoms. The second-order valence-corrected chi connectivity index (χ2v) is 5.36. The Morgan fingerprint density at radius 1 is 1.09 bits per heavy atom. The zero-order chi connectivity index (χ0) is 16.1. The topological polar surface area (TPSA) is 51.5 Å². The van der Waals surface area contributed by atoms with Crippen molar-refractivity contribution in [3.8, 4) is 5.75 Å². The van der Waals surface area contributed by atoms with E-state index < -0.39 is 0 Å². The number of hydrogen-bond acceptors (Lipinski definition) is 4. The van der Waals surface area contributed by atoms with Crippen LogP contribution in [0.5, 0.6) is 5.75 Å². The van der Waals surface area contributed by atoms with E-state index >= 15 is 0 Å². The summed E-state index contributed by atoms with van der Waals surface area (Å²) >= 11 is 0. The standard InChI is InChI=1S/C19H19NO3/c1-20-12-11-17(14-5-3-2-4-6-14)22-16-9-7-15-8-10-19(21)23-18(15)13-16/h2-10,13,17,20H,11-12H2,1H3. The van der Waals surface area contributed by atoms with Crippen LogP contribution in [0.15, 0.2) is 69.9 Å². The third-order valence-corrected chi connectivity index (χ3v) is 3.70. The van der Waals surface area contributed by atoms with Crippen molar-refractivity contribution in [1.82, 2.24) is 5.32 Å². The molecule has 0 bridgehead atoms. The van der Waals surface area contributed by atoms with Crippen molar-refractivity contribution in [1.29, 1.82) is 0 Å². The minimum absolute atomic E-state index is 0.0588. The molecule has 0 aliphatic rings. The van der Waals surface area contributed by atoms with Gasteiger partial charge in [-0.05, 0) is 37.4 Å². The summed E-state index contributed by atoms with van der Waals surface area (Å²) in [6.45, 7) is 0.849. The Balaban J connectivity index is 1.88. The highest BCUT2D eigenvalue weighted by atomic mass is 16.5. The molecule has 1 aromatic heterocycles. The highest BCUT2D eigenvalue weighted by Gasteiger charge is 2.13. The fraction of sp³-hybridized carbons (Fsp3) is 0.211. The first-order valence-corrected chi connectivity index (χ1v) is 7.66. The van der Waals surface area contributed by atoms with Crippen molar-refractivity contribution >= 4 is 11.0 Å². The van der Waals surface area contributed by atoms with Gasteiger partial charge in [-0.25, -0.2) is 4.79 Å². The van der Waals surface area contributed by atoms with Crippen molar-refractivity contribution in [3.05, 3.63) is 76.6 Å². The van der Waals surface area contributed by atoms with Crippen molar-refractivity contribution in [2.45, 2.75) is 12.5 Å². The van der Waals surface area contributed by atoms with E-state index in [1.807, 2.05) is 37.4 Å². The minimum atomic E-state index is -0.357. The maximum atomic E-state index is 11.4. The molecule has 1 unspecified atom stereocenters. The number of fused-ring (bicyclic) bond motifs is 1. The molecule has 4 nitrogen and oxygen atoms in total. The first-order chi connectivity index (χ1) is 11.3. The molecule has 1 N–H and O–H groups in total. The van der Waals surface area contributed by atoms with E-state index in [9.17, 15) is 4.79 Å². The third-order valence-electron chi connectivity index (χ3n) is 3.70. The van der Waals surface area contributed by atoms with Gasteiger partial charge in [0.25, 0.3) is 0 Å². The highest BCUT2D eigenvalue weighted by molar-refractivity contribution is 5.77. The van der Waals surface area contributed by atoms with Crippen LogP contribution in [-0.2, 0) is 0 Å². The van der Waals surface area contributed by atoms with Gasteiger partial charge in [0, 0.05) is 23.9 Å². The number of benzene rings is 2. The Morgan fingerprint density at radius 3 is 2.65 bits per heavy atom. The van der Waals surface area contributed by atoms with Gasteiger partial charge in [0.2, 0.25) is 0 Å². The van der Waals surface area contributed by atoms with Crippen molar-refractivity contribution in [2.75, 3.05) is 13.6 Å². The predicted molar refractivity (Wildman–Crippen MR) is 90.8 cm³/mol. The van der Waals surface area contributed by atoms with Crippen molar-refractivity contribution in [2.24, 2.45) is 0 Å². The molecule has 1 heterocycles. The summed E-state index contributed by atoms with van der Waals surface area (Å²) in [5.74, 6) is 0.691. The SMILES string of the molecule is CNCCC(Oc1ccc2ccc(=O)oc2c1)c1ccccc1. The molecule has 0 amide bonds. The summed E-state index contributed by atoms with van der Waals surface area (Å²) in [7, 11) is 1.92. The van der Waals surface area contributed by atoms with Gasteiger partial charge in [0.05, 0.1) is 0 Å². The maximum Gasteiger partial charge on any atom is 0.336 e. The highest BCUT2D eigenvalue weighted by Crippen LogP contribution is 2.27. The average molecular weight is 309 g/mol. The van der Waals surface area contributed by atoms with E-state index in [4.69, 9.17) is 9.15 Å². The Kier molecular flexibility index (Phi) is 4.74. The largest absolute Gasteiger partial charge is 0.486 e. The average Bonchev–Trinajstić information content (AvgIpc) is 2.59. The van der Waals surface area contributed by atoms with E-state index in [1.165, 1.54) is 6.07 Å². The Labute approximate surface area is 134 Å². The molecule has 23 heavy (non-hydrogen) atoms. The molecule has 1 atom stereocenters. The lowest BCUT2D eigenvalue weighted by molar-refractivity contribution is 0.195. The molecular formula is C19H19NO3. The van der Waals surface area contributed by atoms with Gasteiger partial charge in [0.15, 0.2) is 0 Å². The monoisotopic (exact) mass is 309 g/mol. The van der Waals surface area contributed by atoms with Gasteiger partial charge in [-0.3, -0.25) is 0 Å². The fourth-order valence-corrected chi connectivity index (χ4v) is 2.52. The van der Waals surface area contributed by atoms with Crippen LogP contribution in [0.1, 0.15) is 18.1 Å². The van der Waals surface area contributed by atoms with E-state index in [1.54, 1.807) is 12.1 Å². The molecule has 0 aliphatic carbocycles. The van der Waals surface area contributed by atoms with Gasteiger partial charge >= 0.3 is 5.63 Å². The summed E-state index contributed by atoms with van der Waals surface area (Å²) < 4.78 is 11.4. The Bertz CT molecular complexity index is 827. The summed E-state index contributed by atoms with van der Waals surface area (Å²) in [4.78, 5) is 11.4. The number of nitrogens with one attached hydrogen (secondary N) is 1. The molecule has 2 aromatic carbocycles. The fourth-order valence-electron chi connectivity index (χ4n) is 2.52. The lowest BCUT2D eigenvalue weighted by atomic mass is 10.1. The quantitative estimate of drug-likeness (QED) is 0.708. The second-order valence-electron chi connectivity index (χ2n) is 5.36. The van der Waals surface area contributed by atoms with Gasteiger partial charge in [-0.2, -0.15) is 0 Å². The molecule has 0 aliphatic heterocycles. The Morgan fingerprint density at radius 2 is 1.87 bits per heavy atom. The molecule has 0 spiro atoms. The lowest BCUT2D eigenvalue weighted by Crippen LogP contribution is -2.16. The zero-order valence-corrected chi connectivity index (χ0v) is 13.0. The summed E-state index contributed by atoms with van der Waals surface area (Å²) in [6.07, 6.45) is 0.786. The second kappa shape index (κ2) is 7.11. The summed E-state index contributed by atoms with van der Waals surface area (Å²) in [5, 5.41) is 4.03. The zero-order valence-electron chi connectivity index (χ0n) is 13.0. The number of hydrogen-bond donors (Lipinski definition) is 1. The van der Waals surface area contributed by atoms with Crippen LogP contribution in [0, 0.1) is 0 Å². The normalized spacial score (nSPS) is 12.2. The first-order valence-electron chi connectivity index (χ1n) is 7.66. The van der Waals surface area contributed by atoms with Gasteiger partial charge in [0.1, 0.15) is 17.4 Å². The van der Waals surface area contributed by atoms with E-state index in [0.29, 0.717) is 11.3 Å². The van der Waals surface area contributed by atoms with E-state index in [0.717, 1.165) is 23.9 Å². The Hall–Kier alpha value is -2.59.